The number of nitrogens with zero attached hydrogens (tertiary/aromatic N) is 3. The summed E-state index contributed by atoms with van der Waals surface area (Å²) in [6.07, 6.45) is -11.2. The van der Waals surface area contributed by atoms with Crippen molar-refractivity contribution in [1.29, 1.82) is 5.26 Å². The number of benzene rings is 1. The Bertz CT molecular complexity index is 1000. The highest BCUT2D eigenvalue weighted by atomic mass is 19.4. The van der Waals surface area contributed by atoms with Gasteiger partial charge in [-0.1, -0.05) is 0 Å². The molecule has 0 aliphatic heterocycles. The molecule has 0 aliphatic rings. The summed E-state index contributed by atoms with van der Waals surface area (Å²) in [5, 5.41) is 8.95. The Morgan fingerprint density at radius 2 is 1.64 bits per heavy atom. The largest absolute Gasteiger partial charge is 0.573 e. The molecule has 14 heteroatoms. The van der Waals surface area contributed by atoms with Gasteiger partial charge in [-0.3, -0.25) is 9.36 Å². The minimum absolute atomic E-state index is 0.0842. The summed E-state index contributed by atoms with van der Waals surface area (Å²) in [6, 6.07) is 1.53. The van der Waals surface area contributed by atoms with Gasteiger partial charge in [-0.2, -0.15) is 27.2 Å². The predicted octanol–water partition coefficient (Wildman–Crippen LogP) is 3.80. The number of nitriles is 1. The third-order valence-electron chi connectivity index (χ3n) is 3.12. The lowest BCUT2D eigenvalue weighted by molar-refractivity contribution is -0.291. The first kappa shape index (κ1) is 21.1. The molecule has 0 saturated heterocycles. The predicted molar refractivity (Wildman–Crippen MR) is 71.1 cm³/mol. The highest BCUT2D eigenvalue weighted by molar-refractivity contribution is 5.53. The van der Waals surface area contributed by atoms with Gasteiger partial charge in [0.05, 0.1) is 5.56 Å². The Balaban J connectivity index is 2.61. The maximum absolute atomic E-state index is 14.1. The van der Waals surface area contributed by atoms with Crippen molar-refractivity contribution in [2.75, 3.05) is 0 Å². The molecule has 0 N–H and O–H groups in total. The molecule has 2 rings (SSSR count). The van der Waals surface area contributed by atoms with E-state index in [2.05, 4.69) is 9.72 Å². The van der Waals surface area contributed by atoms with Crippen molar-refractivity contribution < 1.29 is 44.3 Å². The van der Waals surface area contributed by atoms with Gasteiger partial charge in [0.15, 0.2) is 5.82 Å². The van der Waals surface area contributed by atoms with Crippen LogP contribution in [0, 0.1) is 17.1 Å². The number of alkyl halides is 8. The van der Waals surface area contributed by atoms with E-state index < -0.39 is 52.5 Å². The normalized spacial score (nSPS) is 12.6. The van der Waals surface area contributed by atoms with Gasteiger partial charge in [0.1, 0.15) is 29.5 Å². The molecule has 0 aliphatic carbocycles. The van der Waals surface area contributed by atoms with E-state index in [-0.39, 0.29) is 23.0 Å². The Morgan fingerprint density at radius 1 is 1.04 bits per heavy atom. The molecule has 0 unspecified atom stereocenters. The molecule has 0 radical (unpaired) electrons. The summed E-state index contributed by atoms with van der Waals surface area (Å²) in [6.45, 7) is 0. The Kier molecular flexibility index (Phi) is 5.06. The van der Waals surface area contributed by atoms with Gasteiger partial charge in [-0.25, -0.2) is 9.37 Å². The Morgan fingerprint density at radius 3 is 2.11 bits per heavy atom. The van der Waals surface area contributed by atoms with Gasteiger partial charge in [-0.05, 0) is 0 Å². The lowest BCUT2D eigenvalue weighted by Crippen LogP contribution is -2.36. The zero-order chi connectivity index (χ0) is 21.5. The van der Waals surface area contributed by atoms with Crippen molar-refractivity contribution in [1.82, 2.24) is 9.55 Å². The third-order valence-corrected chi connectivity index (χ3v) is 3.12. The highest BCUT2D eigenvalue weighted by Crippen LogP contribution is 2.42. The van der Waals surface area contributed by atoms with Crippen molar-refractivity contribution in [2.45, 2.75) is 18.5 Å². The van der Waals surface area contributed by atoms with Crippen molar-refractivity contribution in [2.24, 2.45) is 0 Å². The molecule has 28 heavy (non-hydrogen) atoms. The van der Waals surface area contributed by atoms with Crippen LogP contribution in [0.5, 0.6) is 5.75 Å². The zero-order valence-electron chi connectivity index (χ0n) is 12.9. The zero-order valence-corrected chi connectivity index (χ0v) is 12.9. The van der Waals surface area contributed by atoms with Gasteiger partial charge in [-0.15, -0.1) is 13.2 Å². The van der Waals surface area contributed by atoms with Crippen molar-refractivity contribution in [3.8, 4) is 17.5 Å². The second-order valence-corrected chi connectivity index (χ2v) is 5.02. The van der Waals surface area contributed by atoms with Crippen LogP contribution >= 0.6 is 0 Å². The van der Waals surface area contributed by atoms with E-state index in [4.69, 9.17) is 5.26 Å². The van der Waals surface area contributed by atoms with E-state index in [0.717, 1.165) is 0 Å². The first-order valence-corrected chi connectivity index (χ1v) is 6.71. The van der Waals surface area contributed by atoms with Crippen molar-refractivity contribution in [3.05, 3.63) is 52.0 Å². The van der Waals surface area contributed by atoms with Crippen LogP contribution in [0.2, 0.25) is 0 Å². The van der Waals surface area contributed by atoms with Crippen LogP contribution in [0.25, 0.3) is 5.69 Å². The molecule has 0 fully saturated rings. The van der Waals surface area contributed by atoms with Crippen LogP contribution in [0.3, 0.4) is 0 Å². The average Bonchev–Trinajstić information content (AvgIpc) is 2.52. The standard InChI is InChI=1S/C14H4F9N3O2/c15-8-2-7(28-14(21,22)23)1-6(4-24)11(8)26-5-25-9(3-10(26)27)12(16,17)13(18,19)20/h1-3,5H. The SMILES string of the molecule is N#Cc1cc(OC(F)(F)F)cc(F)c1-n1cnc(C(F)(F)C(F)(F)F)cc1=O. The molecular formula is C14H4F9N3O2. The topological polar surface area (TPSA) is 67.9 Å². The molecule has 0 amide bonds. The number of aromatic nitrogens is 2. The number of ether oxygens (including phenoxy) is 1. The monoisotopic (exact) mass is 417 g/mol. The molecular weight excluding hydrogens is 413 g/mol. The second-order valence-electron chi connectivity index (χ2n) is 5.02. The third kappa shape index (κ3) is 4.02. The van der Waals surface area contributed by atoms with Crippen LogP contribution < -0.4 is 10.3 Å². The summed E-state index contributed by atoms with van der Waals surface area (Å²) >= 11 is 0. The average molecular weight is 417 g/mol. The minimum Gasteiger partial charge on any atom is -0.406 e. The van der Waals surface area contributed by atoms with E-state index in [9.17, 15) is 44.3 Å². The number of hydrogen-bond donors (Lipinski definition) is 0. The Labute approximate surface area is 148 Å². The maximum atomic E-state index is 14.1. The molecule has 0 saturated carbocycles. The second kappa shape index (κ2) is 6.73. The first-order chi connectivity index (χ1) is 12.7. The summed E-state index contributed by atoms with van der Waals surface area (Å²) in [5.74, 6) is -8.28. The molecule has 0 spiro atoms. The maximum Gasteiger partial charge on any atom is 0.573 e. The van der Waals surface area contributed by atoms with Gasteiger partial charge in [0, 0.05) is 18.2 Å². The number of hydrogen-bond acceptors (Lipinski definition) is 4. The lowest BCUT2D eigenvalue weighted by atomic mass is 10.1. The molecule has 1 aromatic heterocycles. The molecule has 150 valence electrons. The van der Waals surface area contributed by atoms with Crippen molar-refractivity contribution >= 4 is 0 Å². The first-order valence-electron chi connectivity index (χ1n) is 6.71. The van der Waals surface area contributed by atoms with Crippen LogP contribution in [0.1, 0.15) is 11.3 Å². The highest BCUT2D eigenvalue weighted by Gasteiger charge is 2.60. The van der Waals surface area contributed by atoms with E-state index in [1.54, 1.807) is 0 Å². The van der Waals surface area contributed by atoms with Crippen LogP contribution in [0.15, 0.2) is 29.3 Å². The quantitative estimate of drug-likeness (QED) is 0.713. The summed E-state index contributed by atoms with van der Waals surface area (Å²) in [5.41, 5.74) is -5.55. The molecule has 0 bridgehead atoms. The van der Waals surface area contributed by atoms with E-state index in [1.165, 1.54) is 6.07 Å². The number of halogens is 9. The number of rotatable bonds is 3. The van der Waals surface area contributed by atoms with Gasteiger partial charge in [0.25, 0.3) is 5.56 Å². The van der Waals surface area contributed by atoms with E-state index in [1.807, 2.05) is 0 Å². The molecule has 2 aromatic rings. The van der Waals surface area contributed by atoms with Gasteiger partial charge < -0.3 is 4.74 Å². The van der Waals surface area contributed by atoms with Gasteiger partial charge >= 0.3 is 18.5 Å². The van der Waals surface area contributed by atoms with Crippen LogP contribution in [-0.4, -0.2) is 22.1 Å². The summed E-state index contributed by atoms with van der Waals surface area (Å²) < 4.78 is 118. The molecule has 0 atom stereocenters. The molecule has 1 heterocycles. The van der Waals surface area contributed by atoms with Crippen LogP contribution in [-0.2, 0) is 5.92 Å². The summed E-state index contributed by atoms with van der Waals surface area (Å²) in [4.78, 5) is 14.6. The fraction of sp³-hybridized carbons (Fsp3) is 0.214. The lowest BCUT2D eigenvalue weighted by Gasteiger charge is -2.19. The summed E-state index contributed by atoms with van der Waals surface area (Å²) in [7, 11) is 0. The van der Waals surface area contributed by atoms with Crippen molar-refractivity contribution in [3.63, 3.8) is 0 Å². The Hall–Kier alpha value is -3.24. The fourth-order valence-corrected chi connectivity index (χ4v) is 1.98. The van der Waals surface area contributed by atoms with Crippen LogP contribution in [0.4, 0.5) is 39.5 Å². The van der Waals surface area contributed by atoms with E-state index >= 15 is 0 Å². The fourth-order valence-electron chi connectivity index (χ4n) is 1.98. The molecule has 1 aromatic carbocycles. The van der Waals surface area contributed by atoms with E-state index in [0.29, 0.717) is 6.07 Å². The van der Waals surface area contributed by atoms with Gasteiger partial charge in [0.2, 0.25) is 0 Å². The molecule has 5 nitrogen and oxygen atoms in total. The minimum atomic E-state index is -6.07. The smallest absolute Gasteiger partial charge is 0.406 e.